The Hall–Kier alpha value is -2.10. The number of anilines is 1. The molecule has 2 rings (SSSR count). The van der Waals surface area contributed by atoms with Crippen molar-refractivity contribution in [1.29, 1.82) is 0 Å². The number of hydrogen-bond donors (Lipinski definition) is 2. The van der Waals surface area contributed by atoms with Crippen LogP contribution in [0.4, 0.5) is 5.95 Å². The van der Waals surface area contributed by atoms with Gasteiger partial charge in [0.2, 0.25) is 11.9 Å². The lowest BCUT2D eigenvalue weighted by Gasteiger charge is -2.10. The number of hydrogen-bond acceptors (Lipinski definition) is 2. The van der Waals surface area contributed by atoms with E-state index in [1.165, 1.54) is 0 Å². The summed E-state index contributed by atoms with van der Waals surface area (Å²) in [6.45, 7) is 1.87. The Kier molecular flexibility index (Phi) is 3.00. The Morgan fingerprint density at radius 2 is 2.12 bits per heavy atom. The van der Waals surface area contributed by atoms with Gasteiger partial charge in [0.1, 0.15) is 0 Å². The molecule has 0 radical (unpaired) electrons. The third kappa shape index (κ3) is 2.28. The summed E-state index contributed by atoms with van der Waals surface area (Å²) in [5.74, 6) is 0.222. The summed E-state index contributed by atoms with van der Waals surface area (Å²) in [5.41, 5.74) is 0.992. The van der Waals surface area contributed by atoms with Crippen molar-refractivity contribution in [3.8, 4) is 0 Å². The monoisotopic (exact) mass is 215 g/mol. The van der Waals surface area contributed by atoms with Crippen molar-refractivity contribution in [2.45, 2.75) is 12.8 Å². The Bertz CT molecular complexity index is 450. The highest BCUT2D eigenvalue weighted by Gasteiger charge is 2.15. The Morgan fingerprint density at radius 3 is 2.75 bits per heavy atom. The molecule has 0 saturated carbocycles. The summed E-state index contributed by atoms with van der Waals surface area (Å²) in [6, 6.07) is 9.65. The van der Waals surface area contributed by atoms with E-state index < -0.39 is 0 Å². The number of benzene rings is 1. The van der Waals surface area contributed by atoms with Crippen molar-refractivity contribution in [1.82, 2.24) is 9.97 Å². The molecule has 0 fully saturated rings. The third-order valence-electron chi connectivity index (χ3n) is 2.43. The highest BCUT2D eigenvalue weighted by Crippen LogP contribution is 2.15. The Labute approximate surface area is 93.7 Å². The summed E-state index contributed by atoms with van der Waals surface area (Å²) < 4.78 is 0. The van der Waals surface area contributed by atoms with Crippen LogP contribution in [0.15, 0.2) is 42.7 Å². The molecular weight excluding hydrogens is 202 g/mol. The minimum absolute atomic E-state index is 0.0684. The zero-order valence-corrected chi connectivity index (χ0v) is 8.97. The van der Waals surface area contributed by atoms with Gasteiger partial charge in [-0.1, -0.05) is 30.3 Å². The van der Waals surface area contributed by atoms with Crippen molar-refractivity contribution in [2.75, 3.05) is 5.32 Å². The van der Waals surface area contributed by atoms with Gasteiger partial charge in [-0.25, -0.2) is 4.98 Å². The fourth-order valence-corrected chi connectivity index (χ4v) is 1.45. The number of nitrogens with one attached hydrogen (secondary N) is 2. The Morgan fingerprint density at radius 1 is 1.38 bits per heavy atom. The summed E-state index contributed by atoms with van der Waals surface area (Å²) >= 11 is 0. The van der Waals surface area contributed by atoms with Crippen molar-refractivity contribution >= 4 is 11.9 Å². The van der Waals surface area contributed by atoms with Crippen molar-refractivity contribution in [2.24, 2.45) is 0 Å². The molecular formula is C12H13N3O. The van der Waals surface area contributed by atoms with Gasteiger partial charge in [-0.15, -0.1) is 0 Å². The second kappa shape index (κ2) is 4.61. The number of nitrogens with zero attached hydrogens (tertiary/aromatic N) is 1. The van der Waals surface area contributed by atoms with E-state index in [0.29, 0.717) is 5.95 Å². The lowest BCUT2D eigenvalue weighted by molar-refractivity contribution is -0.117. The van der Waals surface area contributed by atoms with E-state index >= 15 is 0 Å². The molecule has 1 aromatic heterocycles. The number of aromatic amines is 1. The molecule has 0 aliphatic carbocycles. The first-order chi connectivity index (χ1) is 7.77. The molecule has 2 aromatic rings. The molecule has 1 atom stereocenters. The molecule has 0 spiro atoms. The van der Waals surface area contributed by atoms with Crippen LogP contribution in [-0.2, 0) is 4.79 Å². The van der Waals surface area contributed by atoms with Gasteiger partial charge in [0.15, 0.2) is 0 Å². The minimum Gasteiger partial charge on any atom is -0.331 e. The van der Waals surface area contributed by atoms with Crippen LogP contribution >= 0.6 is 0 Å². The maximum atomic E-state index is 11.8. The second-order valence-corrected chi connectivity index (χ2v) is 3.56. The third-order valence-corrected chi connectivity index (χ3v) is 2.43. The molecule has 1 aromatic carbocycles. The fraction of sp³-hybridized carbons (Fsp3) is 0.167. The molecule has 1 unspecified atom stereocenters. The summed E-state index contributed by atoms with van der Waals surface area (Å²) in [7, 11) is 0. The number of aromatic nitrogens is 2. The molecule has 4 heteroatoms. The number of rotatable bonds is 3. The number of amides is 1. The van der Waals surface area contributed by atoms with Gasteiger partial charge in [0.25, 0.3) is 0 Å². The second-order valence-electron chi connectivity index (χ2n) is 3.56. The van der Waals surface area contributed by atoms with E-state index in [-0.39, 0.29) is 11.8 Å². The van der Waals surface area contributed by atoms with Crippen LogP contribution in [0.1, 0.15) is 18.4 Å². The largest absolute Gasteiger partial charge is 0.331 e. The predicted molar refractivity (Wildman–Crippen MR) is 62.1 cm³/mol. The summed E-state index contributed by atoms with van der Waals surface area (Å²) in [5, 5.41) is 2.71. The number of imidazole rings is 1. The first-order valence-corrected chi connectivity index (χ1v) is 5.12. The highest BCUT2D eigenvalue weighted by molar-refractivity contribution is 5.94. The van der Waals surface area contributed by atoms with Crippen molar-refractivity contribution in [3.05, 3.63) is 48.3 Å². The van der Waals surface area contributed by atoms with Gasteiger partial charge in [0, 0.05) is 12.4 Å². The minimum atomic E-state index is -0.189. The molecule has 2 N–H and O–H groups in total. The molecule has 1 heterocycles. The van der Waals surface area contributed by atoms with E-state index in [0.717, 1.165) is 5.56 Å². The van der Waals surface area contributed by atoms with Crippen LogP contribution in [0.3, 0.4) is 0 Å². The predicted octanol–water partition coefficient (Wildman–Crippen LogP) is 2.15. The van der Waals surface area contributed by atoms with Gasteiger partial charge >= 0.3 is 0 Å². The lowest BCUT2D eigenvalue weighted by atomic mass is 10.0. The van der Waals surface area contributed by atoms with Crippen LogP contribution in [0.5, 0.6) is 0 Å². The fourth-order valence-electron chi connectivity index (χ4n) is 1.45. The quantitative estimate of drug-likeness (QED) is 0.824. The van der Waals surface area contributed by atoms with Crippen LogP contribution in [0.25, 0.3) is 0 Å². The first kappa shape index (κ1) is 10.4. The van der Waals surface area contributed by atoms with E-state index in [2.05, 4.69) is 15.3 Å². The van der Waals surface area contributed by atoms with Gasteiger partial charge in [0.05, 0.1) is 5.92 Å². The van der Waals surface area contributed by atoms with E-state index in [4.69, 9.17) is 0 Å². The Balaban J connectivity index is 2.05. The lowest BCUT2D eigenvalue weighted by Crippen LogP contribution is -2.19. The normalized spacial score (nSPS) is 12.1. The molecule has 0 bridgehead atoms. The van der Waals surface area contributed by atoms with Gasteiger partial charge in [-0.3, -0.25) is 10.1 Å². The average molecular weight is 215 g/mol. The zero-order chi connectivity index (χ0) is 11.4. The van der Waals surface area contributed by atoms with Gasteiger partial charge in [-0.05, 0) is 12.5 Å². The van der Waals surface area contributed by atoms with Crippen LogP contribution in [-0.4, -0.2) is 15.9 Å². The van der Waals surface area contributed by atoms with E-state index in [1.54, 1.807) is 12.4 Å². The highest BCUT2D eigenvalue weighted by atomic mass is 16.2. The number of carbonyl (C=O) groups is 1. The summed E-state index contributed by atoms with van der Waals surface area (Å²) in [6.07, 6.45) is 3.27. The van der Waals surface area contributed by atoms with E-state index in [1.807, 2.05) is 37.3 Å². The first-order valence-electron chi connectivity index (χ1n) is 5.12. The van der Waals surface area contributed by atoms with Crippen molar-refractivity contribution < 1.29 is 4.79 Å². The molecule has 0 aliphatic heterocycles. The van der Waals surface area contributed by atoms with Crippen molar-refractivity contribution in [3.63, 3.8) is 0 Å². The standard InChI is InChI=1S/C12H13N3O/c1-9(10-5-3-2-4-6-10)11(16)15-12-13-7-8-14-12/h2-9H,1H3,(H2,13,14,15,16). The van der Waals surface area contributed by atoms with E-state index in [9.17, 15) is 4.79 Å². The number of carbonyl (C=O) groups excluding carboxylic acids is 1. The molecule has 0 saturated heterocycles. The van der Waals surface area contributed by atoms with Crippen LogP contribution < -0.4 is 5.32 Å². The molecule has 82 valence electrons. The van der Waals surface area contributed by atoms with Gasteiger partial charge < -0.3 is 4.98 Å². The molecule has 1 amide bonds. The van der Waals surface area contributed by atoms with Gasteiger partial charge in [-0.2, -0.15) is 0 Å². The molecule has 16 heavy (non-hydrogen) atoms. The maximum Gasteiger partial charge on any atom is 0.233 e. The summed E-state index contributed by atoms with van der Waals surface area (Å²) in [4.78, 5) is 18.6. The topological polar surface area (TPSA) is 57.8 Å². The maximum absolute atomic E-state index is 11.8. The number of H-pyrrole nitrogens is 1. The SMILES string of the molecule is CC(C(=O)Nc1ncc[nH]1)c1ccccc1. The van der Waals surface area contributed by atoms with Crippen LogP contribution in [0, 0.1) is 0 Å². The average Bonchev–Trinajstić information content (AvgIpc) is 2.82. The van der Waals surface area contributed by atoms with Crippen LogP contribution in [0.2, 0.25) is 0 Å². The molecule has 0 aliphatic rings. The zero-order valence-electron chi connectivity index (χ0n) is 8.97. The smallest absolute Gasteiger partial charge is 0.233 e. The molecule has 4 nitrogen and oxygen atoms in total.